The Kier molecular flexibility index (Phi) is 8.77. The quantitative estimate of drug-likeness (QED) is 0.607. The van der Waals surface area contributed by atoms with Crippen LogP contribution in [0.4, 0.5) is 0 Å². The molecule has 144 valence electrons. The van der Waals surface area contributed by atoms with E-state index >= 15 is 0 Å². The molecule has 1 saturated heterocycles. The van der Waals surface area contributed by atoms with Gasteiger partial charge in [0.1, 0.15) is 11.8 Å². The number of ether oxygens (including phenoxy) is 1. The fourth-order valence-corrected chi connectivity index (χ4v) is 3.40. The maximum absolute atomic E-state index is 12.7. The van der Waals surface area contributed by atoms with Gasteiger partial charge in [-0.2, -0.15) is 11.8 Å². The van der Waals surface area contributed by atoms with Crippen molar-refractivity contribution in [3.05, 3.63) is 30.3 Å². The SMILES string of the molecule is CSCCC(NC(=O)COc1ccccc1)C(=O)NC1CCCNC1C. The first-order chi connectivity index (χ1) is 12.6. The number of thioether (sulfide) groups is 1. The lowest BCUT2D eigenvalue weighted by Crippen LogP contribution is -2.56. The van der Waals surface area contributed by atoms with Gasteiger partial charge in [0, 0.05) is 12.1 Å². The van der Waals surface area contributed by atoms with Crippen LogP contribution in [-0.4, -0.2) is 55.1 Å². The third-order valence-corrected chi connectivity index (χ3v) is 5.11. The molecule has 0 radical (unpaired) electrons. The van der Waals surface area contributed by atoms with Crippen molar-refractivity contribution in [3.8, 4) is 5.75 Å². The highest BCUT2D eigenvalue weighted by Crippen LogP contribution is 2.10. The molecule has 1 heterocycles. The van der Waals surface area contributed by atoms with Crippen LogP contribution < -0.4 is 20.7 Å². The molecule has 26 heavy (non-hydrogen) atoms. The summed E-state index contributed by atoms with van der Waals surface area (Å²) in [5.74, 6) is 1.03. The zero-order chi connectivity index (χ0) is 18.8. The molecule has 1 aromatic carbocycles. The zero-order valence-corrected chi connectivity index (χ0v) is 16.3. The molecule has 0 bridgehead atoms. The maximum atomic E-state index is 12.7. The van der Waals surface area contributed by atoms with Gasteiger partial charge in [0.2, 0.25) is 5.91 Å². The van der Waals surface area contributed by atoms with Gasteiger partial charge in [-0.15, -0.1) is 0 Å². The van der Waals surface area contributed by atoms with Crippen molar-refractivity contribution >= 4 is 23.6 Å². The van der Waals surface area contributed by atoms with E-state index in [2.05, 4.69) is 22.9 Å². The van der Waals surface area contributed by atoms with Crippen LogP contribution >= 0.6 is 11.8 Å². The molecule has 0 aromatic heterocycles. The van der Waals surface area contributed by atoms with Crippen molar-refractivity contribution in [1.29, 1.82) is 0 Å². The molecule has 1 aliphatic heterocycles. The van der Waals surface area contributed by atoms with E-state index < -0.39 is 6.04 Å². The van der Waals surface area contributed by atoms with Gasteiger partial charge in [0.25, 0.3) is 5.91 Å². The van der Waals surface area contributed by atoms with Gasteiger partial charge >= 0.3 is 0 Å². The summed E-state index contributed by atoms with van der Waals surface area (Å²) in [5, 5.41) is 9.28. The molecule has 6 nitrogen and oxygen atoms in total. The van der Waals surface area contributed by atoms with E-state index in [0.717, 1.165) is 25.1 Å². The second kappa shape index (κ2) is 11.1. The molecule has 2 rings (SSSR count). The summed E-state index contributed by atoms with van der Waals surface area (Å²) >= 11 is 1.66. The number of carbonyl (C=O) groups is 2. The number of carbonyl (C=O) groups excluding carboxylic acids is 2. The number of amides is 2. The number of hydrogen-bond acceptors (Lipinski definition) is 5. The zero-order valence-electron chi connectivity index (χ0n) is 15.5. The molecule has 2 amide bonds. The highest BCUT2D eigenvalue weighted by Gasteiger charge is 2.27. The van der Waals surface area contributed by atoms with E-state index in [0.29, 0.717) is 12.2 Å². The Balaban J connectivity index is 1.86. The van der Waals surface area contributed by atoms with E-state index in [-0.39, 0.29) is 30.5 Å². The summed E-state index contributed by atoms with van der Waals surface area (Å²) in [7, 11) is 0. The Morgan fingerprint density at radius 1 is 1.35 bits per heavy atom. The molecule has 7 heteroatoms. The van der Waals surface area contributed by atoms with Crippen LogP contribution in [0.2, 0.25) is 0 Å². The standard InChI is InChI=1S/C19H29N3O3S/c1-14-16(9-6-11-20-14)22-19(24)17(10-12-26-2)21-18(23)13-25-15-7-4-3-5-8-15/h3-5,7-8,14,16-17,20H,6,9-13H2,1-2H3,(H,21,23)(H,22,24). The minimum absolute atomic E-state index is 0.102. The van der Waals surface area contributed by atoms with E-state index in [1.807, 2.05) is 24.5 Å². The number of piperidine rings is 1. The lowest BCUT2D eigenvalue weighted by Gasteiger charge is -2.32. The predicted octanol–water partition coefficient (Wildman–Crippen LogP) is 1.56. The smallest absolute Gasteiger partial charge is 0.258 e. The number of rotatable bonds is 9. The van der Waals surface area contributed by atoms with E-state index in [9.17, 15) is 9.59 Å². The van der Waals surface area contributed by atoms with Crippen LogP contribution in [0.5, 0.6) is 5.75 Å². The van der Waals surface area contributed by atoms with Gasteiger partial charge < -0.3 is 20.7 Å². The van der Waals surface area contributed by atoms with E-state index in [4.69, 9.17) is 4.74 Å². The average Bonchev–Trinajstić information content (AvgIpc) is 2.66. The number of benzene rings is 1. The van der Waals surface area contributed by atoms with Gasteiger partial charge in [-0.3, -0.25) is 9.59 Å². The summed E-state index contributed by atoms with van der Waals surface area (Å²) in [5.41, 5.74) is 0. The van der Waals surface area contributed by atoms with Crippen LogP contribution in [-0.2, 0) is 9.59 Å². The second-order valence-corrected chi connectivity index (χ2v) is 7.49. The summed E-state index contributed by atoms with van der Waals surface area (Å²) < 4.78 is 5.46. The lowest BCUT2D eigenvalue weighted by atomic mass is 9.99. The molecular formula is C19H29N3O3S. The van der Waals surface area contributed by atoms with E-state index in [1.54, 1.807) is 23.9 Å². The van der Waals surface area contributed by atoms with Crippen LogP contribution in [0.3, 0.4) is 0 Å². The van der Waals surface area contributed by atoms with Gasteiger partial charge in [-0.05, 0) is 56.9 Å². The average molecular weight is 380 g/mol. The molecule has 3 unspecified atom stereocenters. The molecule has 1 aliphatic rings. The van der Waals surface area contributed by atoms with Crippen molar-refractivity contribution < 1.29 is 14.3 Å². The third kappa shape index (κ3) is 6.88. The van der Waals surface area contributed by atoms with Crippen LogP contribution in [0.1, 0.15) is 26.2 Å². The second-order valence-electron chi connectivity index (χ2n) is 6.50. The number of nitrogens with one attached hydrogen (secondary N) is 3. The monoisotopic (exact) mass is 379 g/mol. The summed E-state index contributed by atoms with van der Waals surface area (Å²) in [4.78, 5) is 24.9. The maximum Gasteiger partial charge on any atom is 0.258 e. The Hall–Kier alpha value is -1.73. The molecule has 0 saturated carbocycles. The van der Waals surface area contributed by atoms with Crippen LogP contribution in [0.15, 0.2) is 30.3 Å². The summed E-state index contributed by atoms with van der Waals surface area (Å²) in [6, 6.07) is 8.98. The molecular weight excluding hydrogens is 350 g/mol. The summed E-state index contributed by atoms with van der Waals surface area (Å²) in [6.07, 6.45) is 4.59. The highest BCUT2D eigenvalue weighted by molar-refractivity contribution is 7.98. The Morgan fingerprint density at radius 2 is 2.12 bits per heavy atom. The lowest BCUT2D eigenvalue weighted by molar-refractivity contribution is -0.130. The topological polar surface area (TPSA) is 79.5 Å². The first-order valence-corrected chi connectivity index (χ1v) is 10.5. The minimum atomic E-state index is -0.538. The number of hydrogen-bond donors (Lipinski definition) is 3. The Labute approximate surface area is 159 Å². The van der Waals surface area contributed by atoms with Gasteiger partial charge in [0.05, 0.1) is 0 Å². The van der Waals surface area contributed by atoms with Crippen LogP contribution in [0.25, 0.3) is 0 Å². The van der Waals surface area contributed by atoms with Crippen LogP contribution in [0, 0.1) is 0 Å². The normalized spacial score (nSPS) is 20.8. The highest BCUT2D eigenvalue weighted by atomic mass is 32.2. The van der Waals surface area contributed by atoms with Gasteiger partial charge in [-0.25, -0.2) is 0 Å². The molecule has 3 atom stereocenters. The first-order valence-electron chi connectivity index (χ1n) is 9.10. The fourth-order valence-electron chi connectivity index (χ4n) is 2.93. The summed E-state index contributed by atoms with van der Waals surface area (Å²) in [6.45, 7) is 2.96. The molecule has 0 spiro atoms. The largest absolute Gasteiger partial charge is 0.484 e. The van der Waals surface area contributed by atoms with Gasteiger partial charge in [0.15, 0.2) is 6.61 Å². The van der Waals surface area contributed by atoms with Gasteiger partial charge in [-0.1, -0.05) is 18.2 Å². The molecule has 3 N–H and O–H groups in total. The van der Waals surface area contributed by atoms with Crippen molar-refractivity contribution in [2.75, 3.05) is 25.2 Å². The predicted molar refractivity (Wildman–Crippen MR) is 105 cm³/mol. The first kappa shape index (κ1) is 20.6. The van der Waals surface area contributed by atoms with Crippen molar-refractivity contribution in [2.24, 2.45) is 0 Å². The molecule has 1 fully saturated rings. The fraction of sp³-hybridized carbons (Fsp3) is 0.579. The Bertz CT molecular complexity index is 570. The van der Waals surface area contributed by atoms with Crippen molar-refractivity contribution in [2.45, 2.75) is 44.3 Å². The van der Waals surface area contributed by atoms with Crippen molar-refractivity contribution in [1.82, 2.24) is 16.0 Å². The Morgan fingerprint density at radius 3 is 2.81 bits per heavy atom. The van der Waals surface area contributed by atoms with Crippen molar-refractivity contribution in [3.63, 3.8) is 0 Å². The minimum Gasteiger partial charge on any atom is -0.484 e. The third-order valence-electron chi connectivity index (χ3n) is 4.46. The van der Waals surface area contributed by atoms with E-state index in [1.165, 1.54) is 0 Å². The molecule has 0 aliphatic carbocycles. The molecule has 1 aromatic rings. The number of para-hydroxylation sites is 1.